The summed E-state index contributed by atoms with van der Waals surface area (Å²) >= 11 is 1.12. The maximum Gasteiger partial charge on any atom is 0.283 e. The first-order chi connectivity index (χ1) is 20.3. The second-order valence-corrected chi connectivity index (χ2v) is 10.7. The van der Waals surface area contributed by atoms with Crippen LogP contribution in [0, 0.1) is 12.7 Å². The van der Waals surface area contributed by atoms with E-state index >= 15 is 0 Å². The van der Waals surface area contributed by atoms with E-state index in [9.17, 15) is 18.8 Å². The normalized spacial score (nSPS) is 13.0. The summed E-state index contributed by atoms with van der Waals surface area (Å²) in [6.45, 7) is 1.91. The average Bonchev–Trinajstić information content (AvgIpc) is 3.22. The molecule has 42 heavy (non-hydrogen) atoms. The van der Waals surface area contributed by atoms with Crippen molar-refractivity contribution < 1.29 is 23.5 Å². The number of carbonyl (C=O) groups excluding carboxylic acids is 3. The van der Waals surface area contributed by atoms with E-state index in [1.165, 1.54) is 31.4 Å². The summed E-state index contributed by atoms with van der Waals surface area (Å²) in [6, 6.07) is 27.5. The molecule has 1 heterocycles. The van der Waals surface area contributed by atoms with Crippen molar-refractivity contribution in [3.63, 3.8) is 0 Å². The second kappa shape index (κ2) is 12.7. The summed E-state index contributed by atoms with van der Waals surface area (Å²) in [5.74, 6) is -1.18. The van der Waals surface area contributed by atoms with Crippen LogP contribution in [0.3, 0.4) is 0 Å². The first-order valence-electron chi connectivity index (χ1n) is 13.2. The SMILES string of the molecule is COc1ccc(C)cc1NC1=C(Sc2ccc(NC(=O)CCc3ccccc3)cc2)C(=O)N(c2ccc(F)cc2)C1=O. The monoisotopic (exact) mass is 581 g/mol. The highest BCUT2D eigenvalue weighted by atomic mass is 32.2. The van der Waals surface area contributed by atoms with Gasteiger partial charge in [0.1, 0.15) is 22.2 Å². The molecule has 0 saturated carbocycles. The van der Waals surface area contributed by atoms with E-state index in [4.69, 9.17) is 4.74 Å². The van der Waals surface area contributed by atoms with Crippen molar-refractivity contribution in [3.05, 3.63) is 125 Å². The van der Waals surface area contributed by atoms with Crippen LogP contribution in [-0.4, -0.2) is 24.8 Å². The molecule has 2 N–H and O–H groups in total. The molecule has 4 aromatic carbocycles. The lowest BCUT2D eigenvalue weighted by Gasteiger charge is -2.16. The van der Waals surface area contributed by atoms with Gasteiger partial charge in [-0.15, -0.1) is 0 Å². The van der Waals surface area contributed by atoms with Gasteiger partial charge in [0, 0.05) is 17.0 Å². The Balaban J connectivity index is 1.37. The Morgan fingerprint density at radius 3 is 2.31 bits per heavy atom. The molecule has 0 bridgehead atoms. The number of hydrogen-bond donors (Lipinski definition) is 2. The lowest BCUT2D eigenvalue weighted by Crippen LogP contribution is -2.32. The first kappa shape index (κ1) is 28.6. The number of amides is 3. The molecule has 9 heteroatoms. The first-order valence-corrected chi connectivity index (χ1v) is 14.1. The minimum Gasteiger partial charge on any atom is -0.495 e. The molecule has 5 rings (SSSR count). The summed E-state index contributed by atoms with van der Waals surface area (Å²) in [4.78, 5) is 41.6. The predicted molar refractivity (Wildman–Crippen MR) is 163 cm³/mol. The van der Waals surface area contributed by atoms with Gasteiger partial charge in [-0.25, -0.2) is 9.29 Å². The van der Waals surface area contributed by atoms with Crippen LogP contribution in [0.4, 0.5) is 21.5 Å². The lowest BCUT2D eigenvalue weighted by molar-refractivity contribution is -0.120. The zero-order valence-corrected chi connectivity index (χ0v) is 23.8. The highest BCUT2D eigenvalue weighted by Gasteiger charge is 2.40. The number of halogens is 1. The number of ether oxygens (including phenoxy) is 1. The van der Waals surface area contributed by atoms with Gasteiger partial charge in [0.15, 0.2) is 0 Å². The highest BCUT2D eigenvalue weighted by molar-refractivity contribution is 8.04. The summed E-state index contributed by atoms with van der Waals surface area (Å²) in [5.41, 5.74) is 3.51. The number of carbonyl (C=O) groups is 3. The van der Waals surface area contributed by atoms with Gasteiger partial charge in [0.05, 0.1) is 18.5 Å². The van der Waals surface area contributed by atoms with E-state index in [1.807, 2.05) is 49.4 Å². The molecule has 1 aliphatic heterocycles. The number of nitrogens with one attached hydrogen (secondary N) is 2. The maximum absolute atomic E-state index is 13.6. The third kappa shape index (κ3) is 6.53. The second-order valence-electron chi connectivity index (χ2n) is 9.62. The topological polar surface area (TPSA) is 87.7 Å². The van der Waals surface area contributed by atoms with Crippen LogP contribution in [0.5, 0.6) is 5.75 Å². The zero-order valence-electron chi connectivity index (χ0n) is 23.0. The molecule has 0 unspecified atom stereocenters. The van der Waals surface area contributed by atoms with Crippen molar-refractivity contribution in [3.8, 4) is 5.75 Å². The number of hydrogen-bond acceptors (Lipinski definition) is 6. The number of anilines is 3. The molecule has 0 aromatic heterocycles. The molecule has 7 nitrogen and oxygen atoms in total. The van der Waals surface area contributed by atoms with Crippen molar-refractivity contribution in [1.82, 2.24) is 0 Å². The fourth-order valence-corrected chi connectivity index (χ4v) is 5.37. The molecule has 4 aromatic rings. The summed E-state index contributed by atoms with van der Waals surface area (Å²) < 4.78 is 19.1. The molecule has 0 fully saturated rings. The average molecular weight is 582 g/mol. The molecular formula is C33H28FN3O4S. The van der Waals surface area contributed by atoms with Crippen molar-refractivity contribution in [2.45, 2.75) is 24.7 Å². The van der Waals surface area contributed by atoms with Gasteiger partial charge >= 0.3 is 0 Å². The van der Waals surface area contributed by atoms with Crippen molar-refractivity contribution in [2.75, 3.05) is 22.6 Å². The van der Waals surface area contributed by atoms with Gasteiger partial charge in [-0.3, -0.25) is 14.4 Å². The Kier molecular flexibility index (Phi) is 8.68. The predicted octanol–water partition coefficient (Wildman–Crippen LogP) is 6.70. The molecule has 0 aliphatic carbocycles. The summed E-state index contributed by atoms with van der Waals surface area (Å²) in [6.07, 6.45) is 0.984. The van der Waals surface area contributed by atoms with Gasteiger partial charge in [-0.05, 0) is 85.1 Å². The third-order valence-corrected chi connectivity index (χ3v) is 7.67. The van der Waals surface area contributed by atoms with Crippen LogP contribution in [0.2, 0.25) is 0 Å². The Morgan fingerprint density at radius 1 is 0.905 bits per heavy atom. The zero-order chi connectivity index (χ0) is 29.6. The van der Waals surface area contributed by atoms with E-state index in [-0.39, 0.29) is 22.2 Å². The fourth-order valence-electron chi connectivity index (χ4n) is 4.44. The highest BCUT2D eigenvalue weighted by Crippen LogP contribution is 2.39. The summed E-state index contributed by atoms with van der Waals surface area (Å²) in [7, 11) is 1.52. The minimum atomic E-state index is -0.569. The molecular weight excluding hydrogens is 553 g/mol. The molecule has 3 amide bonds. The lowest BCUT2D eigenvalue weighted by atomic mass is 10.1. The van der Waals surface area contributed by atoms with Crippen LogP contribution >= 0.6 is 11.8 Å². The number of rotatable bonds is 10. The molecule has 1 aliphatic rings. The van der Waals surface area contributed by atoms with Gasteiger partial charge in [0.2, 0.25) is 5.91 Å². The van der Waals surface area contributed by atoms with Crippen molar-refractivity contribution >= 4 is 46.5 Å². The van der Waals surface area contributed by atoms with Crippen molar-refractivity contribution in [1.29, 1.82) is 0 Å². The Bertz CT molecular complexity index is 1660. The largest absolute Gasteiger partial charge is 0.495 e. The van der Waals surface area contributed by atoms with Crippen LogP contribution < -0.4 is 20.3 Å². The van der Waals surface area contributed by atoms with Crippen LogP contribution in [0.1, 0.15) is 17.5 Å². The number of methoxy groups -OCH3 is 1. The number of aryl methyl sites for hydroxylation is 2. The third-order valence-electron chi connectivity index (χ3n) is 6.58. The molecule has 212 valence electrons. The van der Waals surface area contributed by atoms with Crippen LogP contribution in [0.25, 0.3) is 0 Å². The van der Waals surface area contributed by atoms with E-state index in [0.29, 0.717) is 34.9 Å². The van der Waals surface area contributed by atoms with E-state index in [0.717, 1.165) is 27.8 Å². The van der Waals surface area contributed by atoms with Crippen LogP contribution in [0.15, 0.2) is 113 Å². The molecule has 0 saturated heterocycles. The Morgan fingerprint density at radius 2 is 1.62 bits per heavy atom. The van der Waals surface area contributed by atoms with Gasteiger partial charge in [0.25, 0.3) is 11.8 Å². The van der Waals surface area contributed by atoms with Gasteiger partial charge in [-0.2, -0.15) is 0 Å². The standard InChI is InChI=1S/C33H28FN3O4S/c1-21-8-18-28(41-2)27(20-21)36-30-31(33(40)37(32(30)39)25-14-10-23(34)11-15-25)42-26-16-12-24(13-17-26)35-29(38)19-9-22-6-4-3-5-7-22/h3-8,10-18,20,36H,9,19H2,1-2H3,(H,35,38). The van der Waals surface area contributed by atoms with E-state index in [1.54, 1.807) is 30.3 Å². The smallest absolute Gasteiger partial charge is 0.283 e. The van der Waals surface area contributed by atoms with Crippen molar-refractivity contribution in [2.24, 2.45) is 0 Å². The maximum atomic E-state index is 13.6. The van der Waals surface area contributed by atoms with Gasteiger partial charge < -0.3 is 15.4 Å². The fraction of sp³-hybridized carbons (Fsp3) is 0.121. The quantitative estimate of drug-likeness (QED) is 0.203. The Labute approximate surface area is 247 Å². The van der Waals surface area contributed by atoms with Crippen LogP contribution in [-0.2, 0) is 20.8 Å². The molecule has 0 radical (unpaired) electrons. The molecule has 0 atom stereocenters. The van der Waals surface area contributed by atoms with E-state index in [2.05, 4.69) is 10.6 Å². The summed E-state index contributed by atoms with van der Waals surface area (Å²) in [5, 5.41) is 6.01. The van der Waals surface area contributed by atoms with E-state index < -0.39 is 17.6 Å². The van der Waals surface area contributed by atoms with Gasteiger partial charge in [-0.1, -0.05) is 48.2 Å². The number of thioether (sulfide) groups is 1. The number of nitrogens with zero attached hydrogens (tertiary/aromatic N) is 1. The minimum absolute atomic E-state index is 0.0801. The number of imide groups is 1. The number of benzene rings is 4. The molecule has 0 spiro atoms. The Hall–Kier alpha value is -4.89.